The molecule has 1 amide bonds. The Hall–Kier alpha value is -3.01. The second-order valence-electron chi connectivity index (χ2n) is 4.86. The van der Waals surface area contributed by atoms with Gasteiger partial charge in [0.1, 0.15) is 6.04 Å². The number of aliphatic carboxylic acids is 2. The number of hydrogen-bond acceptors (Lipinski definition) is 6. The van der Waals surface area contributed by atoms with Crippen LogP contribution in [0.4, 0.5) is 5.69 Å². The SMILES string of the molecule is O=C(O)C1NCCN(C(=O)c2ccc([N+](=O)[O-])cc2)C1C(=O)O. The maximum absolute atomic E-state index is 12.4. The number of nitro benzene ring substituents is 1. The third-order valence-corrected chi connectivity index (χ3v) is 3.47. The van der Waals surface area contributed by atoms with Gasteiger partial charge in [0.2, 0.25) is 0 Å². The number of hydrogen-bond donors (Lipinski definition) is 3. The van der Waals surface area contributed by atoms with Crippen LogP contribution in [0.25, 0.3) is 0 Å². The van der Waals surface area contributed by atoms with Crippen LogP contribution >= 0.6 is 0 Å². The molecule has 2 atom stereocenters. The topological polar surface area (TPSA) is 150 Å². The Morgan fingerprint density at radius 1 is 1.17 bits per heavy atom. The highest BCUT2D eigenvalue weighted by Gasteiger charge is 2.43. The lowest BCUT2D eigenvalue weighted by atomic mass is 10.0. The van der Waals surface area contributed by atoms with E-state index >= 15 is 0 Å². The van der Waals surface area contributed by atoms with E-state index in [0.29, 0.717) is 0 Å². The second kappa shape index (κ2) is 6.40. The Bertz CT molecular complexity index is 658. The van der Waals surface area contributed by atoms with Crippen molar-refractivity contribution in [3.8, 4) is 0 Å². The van der Waals surface area contributed by atoms with E-state index in [1.54, 1.807) is 0 Å². The molecule has 1 aliphatic heterocycles. The quantitative estimate of drug-likeness (QED) is 0.498. The molecular formula is C13H13N3O7. The largest absolute Gasteiger partial charge is 0.480 e. The van der Waals surface area contributed by atoms with Gasteiger partial charge in [0.15, 0.2) is 6.04 Å². The Morgan fingerprint density at radius 3 is 2.26 bits per heavy atom. The van der Waals surface area contributed by atoms with Crippen molar-refractivity contribution in [2.75, 3.05) is 13.1 Å². The summed E-state index contributed by atoms with van der Waals surface area (Å²) in [5, 5.41) is 31.5. The molecule has 10 nitrogen and oxygen atoms in total. The summed E-state index contributed by atoms with van der Waals surface area (Å²) in [5.41, 5.74) is -0.159. The van der Waals surface area contributed by atoms with E-state index < -0.39 is 34.9 Å². The van der Waals surface area contributed by atoms with E-state index in [1.165, 1.54) is 12.1 Å². The molecule has 0 spiro atoms. The van der Waals surface area contributed by atoms with E-state index in [4.69, 9.17) is 5.11 Å². The molecule has 0 saturated carbocycles. The average molecular weight is 323 g/mol. The highest BCUT2D eigenvalue weighted by atomic mass is 16.6. The zero-order chi connectivity index (χ0) is 17.1. The van der Waals surface area contributed by atoms with Crippen molar-refractivity contribution in [2.45, 2.75) is 12.1 Å². The number of amides is 1. The van der Waals surface area contributed by atoms with E-state index in [-0.39, 0.29) is 24.3 Å². The van der Waals surface area contributed by atoms with Gasteiger partial charge in [-0.3, -0.25) is 19.7 Å². The minimum absolute atomic E-state index is 0.0105. The first-order chi connectivity index (χ1) is 10.8. The van der Waals surface area contributed by atoms with Gasteiger partial charge in [-0.25, -0.2) is 4.79 Å². The van der Waals surface area contributed by atoms with Crippen molar-refractivity contribution in [3.63, 3.8) is 0 Å². The van der Waals surface area contributed by atoms with Crippen LogP contribution in [0.5, 0.6) is 0 Å². The van der Waals surface area contributed by atoms with Crippen LogP contribution in [0.1, 0.15) is 10.4 Å². The minimum Gasteiger partial charge on any atom is -0.480 e. The molecular weight excluding hydrogens is 310 g/mol. The fourth-order valence-electron chi connectivity index (χ4n) is 2.39. The second-order valence-corrected chi connectivity index (χ2v) is 4.86. The van der Waals surface area contributed by atoms with Crippen LogP contribution in [0.2, 0.25) is 0 Å². The summed E-state index contributed by atoms with van der Waals surface area (Å²) < 4.78 is 0. The number of rotatable bonds is 4. The van der Waals surface area contributed by atoms with E-state index in [1.807, 2.05) is 0 Å². The fraction of sp³-hybridized carbons (Fsp3) is 0.308. The number of carbonyl (C=O) groups excluding carboxylic acids is 1. The molecule has 0 radical (unpaired) electrons. The third kappa shape index (κ3) is 3.26. The molecule has 1 saturated heterocycles. The molecule has 0 aliphatic carbocycles. The van der Waals surface area contributed by atoms with Crippen LogP contribution in [-0.2, 0) is 9.59 Å². The summed E-state index contributed by atoms with van der Waals surface area (Å²) in [7, 11) is 0. The number of carboxylic acids is 2. The summed E-state index contributed by atoms with van der Waals surface area (Å²) in [6.45, 7) is 0.135. The lowest BCUT2D eigenvalue weighted by Gasteiger charge is -2.37. The average Bonchev–Trinajstić information content (AvgIpc) is 2.53. The molecule has 23 heavy (non-hydrogen) atoms. The van der Waals surface area contributed by atoms with Crippen LogP contribution in [0.3, 0.4) is 0 Å². The normalized spacial score (nSPS) is 20.8. The van der Waals surface area contributed by atoms with E-state index in [2.05, 4.69) is 5.32 Å². The Labute approximate surface area is 129 Å². The number of non-ortho nitro benzene ring substituents is 1. The number of nitro groups is 1. The number of carboxylic acid groups (broad SMARTS) is 2. The van der Waals surface area contributed by atoms with Gasteiger partial charge in [0.05, 0.1) is 4.92 Å². The molecule has 0 aromatic heterocycles. The van der Waals surface area contributed by atoms with Gasteiger partial charge in [0.25, 0.3) is 11.6 Å². The lowest BCUT2D eigenvalue weighted by molar-refractivity contribution is -0.384. The molecule has 1 heterocycles. The molecule has 1 aromatic carbocycles. The third-order valence-electron chi connectivity index (χ3n) is 3.47. The first kappa shape index (κ1) is 16.4. The maximum Gasteiger partial charge on any atom is 0.328 e. The van der Waals surface area contributed by atoms with Gasteiger partial charge >= 0.3 is 11.9 Å². The monoisotopic (exact) mass is 323 g/mol. The van der Waals surface area contributed by atoms with Crippen LogP contribution < -0.4 is 5.32 Å². The van der Waals surface area contributed by atoms with Gasteiger partial charge in [-0.05, 0) is 12.1 Å². The molecule has 1 aliphatic rings. The highest BCUT2D eigenvalue weighted by Crippen LogP contribution is 2.18. The summed E-state index contributed by atoms with van der Waals surface area (Å²) in [6, 6.07) is 1.67. The van der Waals surface area contributed by atoms with Crippen molar-refractivity contribution in [1.29, 1.82) is 0 Å². The molecule has 1 fully saturated rings. The predicted molar refractivity (Wildman–Crippen MR) is 75.0 cm³/mol. The molecule has 0 bridgehead atoms. The number of carbonyl (C=O) groups is 3. The Balaban J connectivity index is 2.30. The number of nitrogens with zero attached hydrogens (tertiary/aromatic N) is 2. The number of piperazine rings is 1. The maximum atomic E-state index is 12.4. The molecule has 2 rings (SSSR count). The summed E-state index contributed by atoms with van der Waals surface area (Å²) in [4.78, 5) is 45.9. The standard InChI is InChI=1S/C13H13N3O7/c17-11(7-1-3-8(4-2-7)16(22)23)15-6-5-14-9(12(18)19)10(15)13(20)21/h1-4,9-10,14H,5-6H2,(H,18,19)(H,20,21). The molecule has 3 N–H and O–H groups in total. The van der Waals surface area contributed by atoms with Crippen molar-refractivity contribution < 1.29 is 29.5 Å². The minimum atomic E-state index is -1.57. The molecule has 1 aromatic rings. The fourth-order valence-corrected chi connectivity index (χ4v) is 2.39. The Morgan fingerprint density at radius 2 is 1.78 bits per heavy atom. The summed E-state index contributed by atoms with van der Waals surface area (Å²) >= 11 is 0. The van der Waals surface area contributed by atoms with E-state index in [9.17, 15) is 29.6 Å². The van der Waals surface area contributed by atoms with Gasteiger partial charge < -0.3 is 20.4 Å². The van der Waals surface area contributed by atoms with Gasteiger partial charge in [-0.15, -0.1) is 0 Å². The van der Waals surface area contributed by atoms with Crippen molar-refractivity contribution >= 4 is 23.5 Å². The summed E-state index contributed by atoms with van der Waals surface area (Å²) in [6.07, 6.45) is 0. The molecule has 10 heteroatoms. The highest BCUT2D eigenvalue weighted by molar-refractivity contribution is 5.98. The van der Waals surface area contributed by atoms with Crippen LogP contribution in [-0.4, -0.2) is 63.1 Å². The molecule has 2 unspecified atom stereocenters. The van der Waals surface area contributed by atoms with Crippen molar-refractivity contribution in [3.05, 3.63) is 39.9 Å². The first-order valence-electron chi connectivity index (χ1n) is 6.57. The van der Waals surface area contributed by atoms with Gasteiger partial charge in [-0.1, -0.05) is 0 Å². The first-order valence-corrected chi connectivity index (χ1v) is 6.57. The van der Waals surface area contributed by atoms with Gasteiger partial charge in [0, 0.05) is 30.8 Å². The zero-order valence-electron chi connectivity index (χ0n) is 11.7. The molecule has 122 valence electrons. The van der Waals surface area contributed by atoms with Crippen LogP contribution in [0.15, 0.2) is 24.3 Å². The van der Waals surface area contributed by atoms with Gasteiger partial charge in [-0.2, -0.15) is 0 Å². The predicted octanol–water partition coefficient (Wildman–Crippen LogP) is -0.453. The van der Waals surface area contributed by atoms with E-state index in [0.717, 1.165) is 17.0 Å². The van der Waals surface area contributed by atoms with Crippen molar-refractivity contribution in [2.24, 2.45) is 0 Å². The smallest absolute Gasteiger partial charge is 0.328 e. The van der Waals surface area contributed by atoms with Crippen molar-refractivity contribution in [1.82, 2.24) is 10.2 Å². The number of nitrogens with one attached hydrogen (secondary N) is 1. The zero-order valence-corrected chi connectivity index (χ0v) is 11.7. The number of benzene rings is 1. The summed E-state index contributed by atoms with van der Waals surface area (Å²) in [5.74, 6) is -3.52. The lowest BCUT2D eigenvalue weighted by Crippen LogP contribution is -2.65. The van der Waals surface area contributed by atoms with Crippen LogP contribution in [0, 0.1) is 10.1 Å². The Kier molecular flexibility index (Phi) is 4.55.